The second-order valence-corrected chi connectivity index (χ2v) is 7.18. The molecule has 0 saturated carbocycles. The molecule has 1 saturated heterocycles. The molecule has 0 aliphatic carbocycles. The Balaban J connectivity index is 2.16. The van der Waals surface area contributed by atoms with Gasteiger partial charge in [-0.3, -0.25) is 4.79 Å². The van der Waals surface area contributed by atoms with Crippen LogP contribution in [0.1, 0.15) is 23.2 Å². The van der Waals surface area contributed by atoms with E-state index in [1.165, 1.54) is 0 Å². The SMILES string of the molecule is CN1CCCC(N(C)C(=O)c2cc(Br)ccc2I)C1. The van der Waals surface area contributed by atoms with Crippen LogP contribution in [0.25, 0.3) is 0 Å². The maximum atomic E-state index is 12.6. The third-order valence-electron chi connectivity index (χ3n) is 3.63. The molecular weight excluding hydrogens is 419 g/mol. The summed E-state index contributed by atoms with van der Waals surface area (Å²) in [6.45, 7) is 2.10. The Hall–Kier alpha value is -0.140. The van der Waals surface area contributed by atoms with Gasteiger partial charge in [0.15, 0.2) is 0 Å². The van der Waals surface area contributed by atoms with Crippen LogP contribution in [0.15, 0.2) is 22.7 Å². The fraction of sp³-hybridized carbons (Fsp3) is 0.500. The molecule has 19 heavy (non-hydrogen) atoms. The normalized spacial score (nSPS) is 20.3. The van der Waals surface area contributed by atoms with Crippen LogP contribution in [0.4, 0.5) is 0 Å². The first-order valence-electron chi connectivity index (χ1n) is 6.40. The zero-order valence-corrected chi connectivity index (χ0v) is 14.9. The molecule has 2 rings (SSSR count). The minimum absolute atomic E-state index is 0.117. The van der Waals surface area contributed by atoms with Gasteiger partial charge in [-0.1, -0.05) is 15.9 Å². The van der Waals surface area contributed by atoms with E-state index in [0.717, 1.165) is 39.5 Å². The van der Waals surface area contributed by atoms with E-state index < -0.39 is 0 Å². The number of hydrogen-bond donors (Lipinski definition) is 0. The van der Waals surface area contributed by atoms with Gasteiger partial charge in [-0.25, -0.2) is 0 Å². The van der Waals surface area contributed by atoms with E-state index in [1.807, 2.05) is 30.1 Å². The van der Waals surface area contributed by atoms with Crippen LogP contribution < -0.4 is 0 Å². The van der Waals surface area contributed by atoms with Crippen molar-refractivity contribution in [2.75, 3.05) is 27.2 Å². The van der Waals surface area contributed by atoms with Crippen LogP contribution in [-0.4, -0.2) is 48.9 Å². The lowest BCUT2D eigenvalue weighted by atomic mass is 10.0. The topological polar surface area (TPSA) is 23.6 Å². The van der Waals surface area contributed by atoms with E-state index in [2.05, 4.69) is 50.5 Å². The van der Waals surface area contributed by atoms with Crippen LogP contribution in [-0.2, 0) is 0 Å². The van der Waals surface area contributed by atoms with E-state index >= 15 is 0 Å². The van der Waals surface area contributed by atoms with Crippen molar-refractivity contribution in [2.45, 2.75) is 18.9 Å². The van der Waals surface area contributed by atoms with Crippen molar-refractivity contribution < 1.29 is 4.79 Å². The van der Waals surface area contributed by atoms with Crippen molar-refractivity contribution in [3.63, 3.8) is 0 Å². The van der Waals surface area contributed by atoms with Gasteiger partial charge in [-0.2, -0.15) is 0 Å². The summed E-state index contributed by atoms with van der Waals surface area (Å²) in [6, 6.07) is 6.17. The Kier molecular flexibility index (Phi) is 5.25. The number of benzene rings is 1. The summed E-state index contributed by atoms with van der Waals surface area (Å²) in [5.74, 6) is 0.117. The molecule has 0 spiro atoms. The molecular formula is C14H18BrIN2O. The highest BCUT2D eigenvalue weighted by Gasteiger charge is 2.26. The molecule has 1 aromatic rings. The Morgan fingerprint density at radius 3 is 2.95 bits per heavy atom. The monoisotopic (exact) mass is 436 g/mol. The molecule has 1 unspecified atom stereocenters. The van der Waals surface area contributed by atoms with Crippen molar-refractivity contribution in [1.82, 2.24) is 9.80 Å². The van der Waals surface area contributed by atoms with Crippen molar-refractivity contribution in [3.05, 3.63) is 31.8 Å². The molecule has 1 fully saturated rings. The lowest BCUT2D eigenvalue weighted by molar-refractivity contribution is 0.0643. The summed E-state index contributed by atoms with van der Waals surface area (Å²) in [6.07, 6.45) is 2.26. The summed E-state index contributed by atoms with van der Waals surface area (Å²) in [5.41, 5.74) is 0.783. The van der Waals surface area contributed by atoms with Gasteiger partial charge >= 0.3 is 0 Å². The molecule has 0 aromatic heterocycles. The number of nitrogens with zero attached hydrogens (tertiary/aromatic N) is 2. The quantitative estimate of drug-likeness (QED) is 0.664. The average Bonchev–Trinajstić information content (AvgIpc) is 2.40. The van der Waals surface area contributed by atoms with Gasteiger partial charge in [0.2, 0.25) is 0 Å². The highest BCUT2D eigenvalue weighted by atomic mass is 127. The third-order valence-corrected chi connectivity index (χ3v) is 5.06. The Morgan fingerprint density at radius 1 is 1.53 bits per heavy atom. The molecule has 0 bridgehead atoms. The molecule has 3 nitrogen and oxygen atoms in total. The van der Waals surface area contributed by atoms with Crippen LogP contribution in [0.3, 0.4) is 0 Å². The molecule has 5 heteroatoms. The van der Waals surface area contributed by atoms with E-state index in [1.54, 1.807) is 0 Å². The first-order valence-corrected chi connectivity index (χ1v) is 8.27. The lowest BCUT2D eigenvalue weighted by Gasteiger charge is -2.36. The largest absolute Gasteiger partial charge is 0.337 e. The van der Waals surface area contributed by atoms with Gasteiger partial charge in [-0.05, 0) is 67.2 Å². The number of likely N-dealkylation sites (tertiary alicyclic amines) is 1. The van der Waals surface area contributed by atoms with Crippen LogP contribution in [0.2, 0.25) is 0 Å². The van der Waals surface area contributed by atoms with Crippen LogP contribution in [0.5, 0.6) is 0 Å². The van der Waals surface area contributed by atoms with Gasteiger partial charge in [0, 0.05) is 27.7 Å². The molecule has 1 atom stereocenters. The van der Waals surface area contributed by atoms with Crippen LogP contribution >= 0.6 is 38.5 Å². The molecule has 1 aliphatic heterocycles. The van der Waals surface area contributed by atoms with E-state index in [0.29, 0.717) is 6.04 Å². The van der Waals surface area contributed by atoms with Gasteiger partial charge in [-0.15, -0.1) is 0 Å². The maximum absolute atomic E-state index is 12.6. The Labute approximate surface area is 136 Å². The fourth-order valence-electron chi connectivity index (χ4n) is 2.47. The second-order valence-electron chi connectivity index (χ2n) is 5.10. The molecule has 1 aromatic carbocycles. The fourth-order valence-corrected chi connectivity index (χ4v) is 3.40. The number of carbonyl (C=O) groups is 1. The predicted octanol–water partition coefficient (Wildman–Crippen LogP) is 3.22. The standard InChI is InChI=1S/C14H18BrIN2O/c1-17-7-3-4-11(9-17)18(2)14(19)12-8-10(15)5-6-13(12)16/h5-6,8,11H,3-4,7,9H2,1-2H3. The molecule has 0 radical (unpaired) electrons. The minimum atomic E-state index is 0.117. The average molecular weight is 437 g/mol. The molecule has 0 N–H and O–H groups in total. The number of likely N-dealkylation sites (N-methyl/N-ethyl adjacent to an activating group) is 2. The first kappa shape index (κ1) is 15.3. The second kappa shape index (κ2) is 6.54. The van der Waals surface area contributed by atoms with Gasteiger partial charge < -0.3 is 9.80 Å². The number of amides is 1. The summed E-state index contributed by atoms with van der Waals surface area (Å²) < 4.78 is 1.95. The van der Waals surface area contributed by atoms with Gasteiger partial charge in [0.25, 0.3) is 5.91 Å². The first-order chi connectivity index (χ1) is 8.99. The maximum Gasteiger partial charge on any atom is 0.255 e. The van der Waals surface area contributed by atoms with Crippen molar-refractivity contribution >= 4 is 44.4 Å². The number of carbonyl (C=O) groups excluding carboxylic acids is 1. The number of piperidine rings is 1. The summed E-state index contributed by atoms with van der Waals surface area (Å²) in [7, 11) is 4.04. The smallest absolute Gasteiger partial charge is 0.255 e. The minimum Gasteiger partial charge on any atom is -0.337 e. The highest BCUT2D eigenvalue weighted by Crippen LogP contribution is 2.22. The number of hydrogen-bond acceptors (Lipinski definition) is 2. The van der Waals surface area contributed by atoms with E-state index in [4.69, 9.17) is 0 Å². The van der Waals surface area contributed by atoms with Gasteiger partial charge in [0.05, 0.1) is 5.56 Å². The van der Waals surface area contributed by atoms with Crippen molar-refractivity contribution in [3.8, 4) is 0 Å². The Bertz CT molecular complexity index is 481. The molecule has 1 amide bonds. The Morgan fingerprint density at radius 2 is 2.26 bits per heavy atom. The summed E-state index contributed by atoms with van der Waals surface area (Å²) >= 11 is 5.66. The third kappa shape index (κ3) is 3.70. The predicted molar refractivity (Wildman–Crippen MR) is 89.5 cm³/mol. The summed E-state index contributed by atoms with van der Waals surface area (Å²) in [4.78, 5) is 16.8. The lowest BCUT2D eigenvalue weighted by Crippen LogP contribution is -2.47. The van der Waals surface area contributed by atoms with Crippen molar-refractivity contribution in [2.24, 2.45) is 0 Å². The highest BCUT2D eigenvalue weighted by molar-refractivity contribution is 14.1. The van der Waals surface area contributed by atoms with E-state index in [9.17, 15) is 4.79 Å². The van der Waals surface area contributed by atoms with Crippen LogP contribution in [0, 0.1) is 3.57 Å². The number of halogens is 2. The van der Waals surface area contributed by atoms with Gasteiger partial charge in [0.1, 0.15) is 0 Å². The summed E-state index contributed by atoms with van der Waals surface area (Å²) in [5, 5.41) is 0. The molecule has 104 valence electrons. The zero-order chi connectivity index (χ0) is 14.0. The van der Waals surface area contributed by atoms with E-state index in [-0.39, 0.29) is 5.91 Å². The van der Waals surface area contributed by atoms with Crippen molar-refractivity contribution in [1.29, 1.82) is 0 Å². The molecule has 1 heterocycles. The molecule has 1 aliphatic rings. The number of rotatable bonds is 2. The zero-order valence-electron chi connectivity index (χ0n) is 11.2.